The first-order chi connectivity index (χ1) is 11.8. The van der Waals surface area contributed by atoms with Crippen LogP contribution in [-0.2, 0) is 17.8 Å². The molecule has 0 aromatic carbocycles. The van der Waals surface area contributed by atoms with Crippen LogP contribution in [0.25, 0.3) is 0 Å². The van der Waals surface area contributed by atoms with Gasteiger partial charge in [-0.3, -0.25) is 4.79 Å². The fourth-order valence-electron chi connectivity index (χ4n) is 4.86. The third kappa shape index (κ3) is 3.22. The van der Waals surface area contributed by atoms with Crippen LogP contribution in [0.1, 0.15) is 88.3 Å². The Morgan fingerprint density at radius 2 is 1.83 bits per heavy atom. The number of amides is 1. The minimum absolute atomic E-state index is 0.167. The van der Waals surface area contributed by atoms with Gasteiger partial charge in [-0.25, -0.2) is 0 Å². The standard InChI is InChI=1S/C19H30N4O/c24-18(12-11-15-7-3-4-8-15)22-14-6-9-16(22)19-21-20-17-10-2-1-5-13-23(17)19/h15-16H,1-14H2. The highest BCUT2D eigenvalue weighted by Gasteiger charge is 2.34. The zero-order valence-corrected chi connectivity index (χ0v) is 14.8. The molecular formula is C19H30N4O. The van der Waals surface area contributed by atoms with E-state index < -0.39 is 0 Å². The van der Waals surface area contributed by atoms with Gasteiger partial charge in [-0.15, -0.1) is 10.2 Å². The molecule has 1 saturated heterocycles. The first kappa shape index (κ1) is 16.1. The van der Waals surface area contributed by atoms with Crippen molar-refractivity contribution in [2.75, 3.05) is 6.54 Å². The molecule has 1 atom stereocenters. The third-order valence-electron chi connectivity index (χ3n) is 6.25. The van der Waals surface area contributed by atoms with Crippen molar-refractivity contribution in [3.05, 3.63) is 11.6 Å². The fourth-order valence-corrected chi connectivity index (χ4v) is 4.86. The minimum atomic E-state index is 0.167. The van der Waals surface area contributed by atoms with Gasteiger partial charge in [0.2, 0.25) is 5.91 Å². The van der Waals surface area contributed by atoms with Crippen molar-refractivity contribution >= 4 is 5.91 Å². The van der Waals surface area contributed by atoms with Crippen molar-refractivity contribution in [3.8, 4) is 0 Å². The van der Waals surface area contributed by atoms with Crippen LogP contribution in [0.3, 0.4) is 0 Å². The van der Waals surface area contributed by atoms with Gasteiger partial charge in [0.05, 0.1) is 6.04 Å². The van der Waals surface area contributed by atoms with Crippen molar-refractivity contribution in [1.82, 2.24) is 19.7 Å². The van der Waals surface area contributed by atoms with Gasteiger partial charge >= 0.3 is 0 Å². The van der Waals surface area contributed by atoms with Crippen molar-refractivity contribution in [2.45, 2.75) is 89.6 Å². The number of rotatable bonds is 4. The molecule has 0 radical (unpaired) electrons. The number of carbonyl (C=O) groups excluding carboxylic acids is 1. The highest BCUT2D eigenvalue weighted by atomic mass is 16.2. The van der Waals surface area contributed by atoms with E-state index in [0.29, 0.717) is 5.91 Å². The average Bonchev–Trinajstić information content (AvgIpc) is 3.31. The second-order valence-corrected chi connectivity index (χ2v) is 7.87. The molecule has 1 aromatic heterocycles. The molecule has 5 nitrogen and oxygen atoms in total. The summed E-state index contributed by atoms with van der Waals surface area (Å²) in [5.41, 5.74) is 0. The second kappa shape index (κ2) is 7.24. The van der Waals surface area contributed by atoms with E-state index in [1.54, 1.807) is 0 Å². The fraction of sp³-hybridized carbons (Fsp3) is 0.842. The quantitative estimate of drug-likeness (QED) is 0.847. The molecule has 0 spiro atoms. The topological polar surface area (TPSA) is 51.0 Å². The molecule has 132 valence electrons. The summed E-state index contributed by atoms with van der Waals surface area (Å²) in [6, 6.07) is 0.167. The predicted octanol–water partition coefficient (Wildman–Crippen LogP) is 3.64. The highest BCUT2D eigenvalue weighted by molar-refractivity contribution is 5.76. The minimum Gasteiger partial charge on any atom is -0.332 e. The van der Waals surface area contributed by atoms with Crippen molar-refractivity contribution in [2.24, 2.45) is 5.92 Å². The van der Waals surface area contributed by atoms with E-state index in [4.69, 9.17) is 0 Å². The number of hydrogen-bond donors (Lipinski definition) is 0. The molecule has 2 fully saturated rings. The second-order valence-electron chi connectivity index (χ2n) is 7.87. The summed E-state index contributed by atoms with van der Waals surface area (Å²) in [6.07, 6.45) is 14.1. The van der Waals surface area contributed by atoms with Gasteiger partial charge in [0.1, 0.15) is 5.82 Å². The monoisotopic (exact) mass is 330 g/mol. The Morgan fingerprint density at radius 3 is 2.71 bits per heavy atom. The van der Waals surface area contributed by atoms with E-state index in [9.17, 15) is 4.79 Å². The highest BCUT2D eigenvalue weighted by Crippen LogP contribution is 2.34. The lowest BCUT2D eigenvalue weighted by Crippen LogP contribution is -2.32. The number of hydrogen-bond acceptors (Lipinski definition) is 3. The van der Waals surface area contributed by atoms with Gasteiger partial charge in [0, 0.05) is 25.9 Å². The summed E-state index contributed by atoms with van der Waals surface area (Å²) in [5.74, 6) is 3.32. The summed E-state index contributed by atoms with van der Waals surface area (Å²) in [5, 5.41) is 8.95. The Morgan fingerprint density at radius 1 is 0.958 bits per heavy atom. The zero-order valence-electron chi connectivity index (χ0n) is 14.8. The van der Waals surface area contributed by atoms with Crippen molar-refractivity contribution in [3.63, 3.8) is 0 Å². The van der Waals surface area contributed by atoms with Gasteiger partial charge in [-0.1, -0.05) is 32.1 Å². The van der Waals surface area contributed by atoms with Gasteiger partial charge in [0.25, 0.3) is 0 Å². The van der Waals surface area contributed by atoms with Gasteiger partial charge in [-0.05, 0) is 38.0 Å². The molecule has 0 bridgehead atoms. The molecule has 1 aliphatic carbocycles. The van der Waals surface area contributed by atoms with Crippen LogP contribution in [-0.4, -0.2) is 32.1 Å². The molecular weight excluding hydrogens is 300 g/mol. The number of aromatic nitrogens is 3. The van der Waals surface area contributed by atoms with Crippen LogP contribution < -0.4 is 0 Å². The summed E-state index contributed by atoms with van der Waals surface area (Å²) in [6.45, 7) is 1.93. The molecule has 0 N–H and O–H groups in total. The van der Waals surface area contributed by atoms with Crippen molar-refractivity contribution in [1.29, 1.82) is 0 Å². The molecule has 1 aromatic rings. The molecule has 1 unspecified atom stereocenters. The number of aryl methyl sites for hydroxylation is 1. The maximum absolute atomic E-state index is 12.8. The van der Waals surface area contributed by atoms with Crippen LogP contribution >= 0.6 is 0 Å². The van der Waals surface area contributed by atoms with Crippen LogP contribution in [0.5, 0.6) is 0 Å². The van der Waals surface area contributed by atoms with Crippen molar-refractivity contribution < 1.29 is 4.79 Å². The third-order valence-corrected chi connectivity index (χ3v) is 6.25. The molecule has 5 heteroatoms. The summed E-state index contributed by atoms with van der Waals surface area (Å²) in [4.78, 5) is 14.9. The van der Waals surface area contributed by atoms with Gasteiger partial charge < -0.3 is 9.47 Å². The lowest BCUT2D eigenvalue weighted by molar-refractivity contribution is -0.132. The van der Waals surface area contributed by atoms with E-state index in [0.717, 1.165) is 62.8 Å². The Bertz CT molecular complexity index is 576. The van der Waals surface area contributed by atoms with Crippen LogP contribution in [0.2, 0.25) is 0 Å². The van der Waals surface area contributed by atoms with Gasteiger partial charge in [0.15, 0.2) is 5.82 Å². The number of likely N-dealkylation sites (tertiary alicyclic amines) is 1. The van der Waals surface area contributed by atoms with E-state index >= 15 is 0 Å². The molecule has 3 heterocycles. The normalized spacial score (nSPS) is 25.0. The molecule has 3 aliphatic rings. The van der Waals surface area contributed by atoms with Crippen LogP contribution in [0, 0.1) is 5.92 Å². The average molecular weight is 330 g/mol. The van der Waals surface area contributed by atoms with Gasteiger partial charge in [-0.2, -0.15) is 0 Å². The van der Waals surface area contributed by atoms with E-state index in [-0.39, 0.29) is 6.04 Å². The lowest BCUT2D eigenvalue weighted by atomic mass is 10.0. The zero-order chi connectivity index (χ0) is 16.4. The first-order valence-electron chi connectivity index (χ1n) is 10.0. The predicted molar refractivity (Wildman–Crippen MR) is 92.5 cm³/mol. The Labute approximate surface area is 144 Å². The molecule has 24 heavy (non-hydrogen) atoms. The molecule has 4 rings (SSSR count). The lowest BCUT2D eigenvalue weighted by Gasteiger charge is -2.25. The SMILES string of the molecule is O=C(CCC1CCCC1)N1CCCC1c1nnc2n1CCCCC2. The van der Waals surface area contributed by atoms with E-state index in [2.05, 4.69) is 19.7 Å². The maximum atomic E-state index is 12.8. The molecule has 2 aliphatic heterocycles. The number of nitrogens with zero attached hydrogens (tertiary/aromatic N) is 4. The maximum Gasteiger partial charge on any atom is 0.223 e. The Kier molecular flexibility index (Phi) is 4.86. The molecule has 1 saturated carbocycles. The largest absolute Gasteiger partial charge is 0.332 e. The Hall–Kier alpha value is -1.39. The van der Waals surface area contributed by atoms with E-state index in [1.165, 1.54) is 44.9 Å². The summed E-state index contributed by atoms with van der Waals surface area (Å²) < 4.78 is 2.32. The number of fused-ring (bicyclic) bond motifs is 1. The van der Waals surface area contributed by atoms with Crippen LogP contribution in [0.4, 0.5) is 0 Å². The first-order valence-corrected chi connectivity index (χ1v) is 10.0. The summed E-state index contributed by atoms with van der Waals surface area (Å²) in [7, 11) is 0. The smallest absolute Gasteiger partial charge is 0.223 e. The summed E-state index contributed by atoms with van der Waals surface area (Å²) >= 11 is 0. The number of carbonyl (C=O) groups is 1. The Balaban J connectivity index is 1.44. The molecule has 1 amide bonds. The van der Waals surface area contributed by atoms with Crippen LogP contribution in [0.15, 0.2) is 0 Å². The van der Waals surface area contributed by atoms with E-state index in [1.807, 2.05) is 0 Å².